The van der Waals surface area contributed by atoms with E-state index in [0.29, 0.717) is 19.5 Å². The minimum absolute atomic E-state index is 0.158. The number of urea groups is 1. The Morgan fingerprint density at radius 2 is 1.78 bits per heavy atom. The first-order valence-electron chi connectivity index (χ1n) is 11.8. The molecule has 4 rings (SSSR count). The van der Waals surface area contributed by atoms with Gasteiger partial charge in [-0.25, -0.2) is 9.78 Å². The van der Waals surface area contributed by atoms with Gasteiger partial charge in [-0.2, -0.15) is 0 Å². The molecule has 3 heterocycles. The van der Waals surface area contributed by atoms with E-state index in [1.54, 1.807) is 0 Å². The minimum Gasteiger partial charge on any atom is -0.357 e. The summed E-state index contributed by atoms with van der Waals surface area (Å²) in [5.41, 5.74) is 2.02. The lowest BCUT2D eigenvalue weighted by atomic mass is 10.1. The molecule has 1 aromatic carbocycles. The van der Waals surface area contributed by atoms with Crippen molar-refractivity contribution in [1.82, 2.24) is 20.5 Å². The van der Waals surface area contributed by atoms with Crippen LogP contribution in [0.15, 0.2) is 48.7 Å². The van der Waals surface area contributed by atoms with Crippen LogP contribution in [-0.4, -0.2) is 48.0 Å². The molecule has 0 aliphatic carbocycles. The molecule has 0 radical (unpaired) electrons. The molecule has 0 saturated carbocycles. The van der Waals surface area contributed by atoms with Crippen molar-refractivity contribution in [2.45, 2.75) is 51.1 Å². The Kier molecular flexibility index (Phi) is 7.59. The van der Waals surface area contributed by atoms with Crippen LogP contribution in [0.4, 0.5) is 10.6 Å². The summed E-state index contributed by atoms with van der Waals surface area (Å²) in [6.45, 7) is 3.75. The fourth-order valence-electron chi connectivity index (χ4n) is 4.47. The Labute approximate surface area is 190 Å². The highest BCUT2D eigenvalue weighted by molar-refractivity contribution is 5.78. The van der Waals surface area contributed by atoms with Crippen LogP contribution in [0.5, 0.6) is 0 Å². The van der Waals surface area contributed by atoms with Crippen molar-refractivity contribution in [2.24, 2.45) is 0 Å². The third-order valence-corrected chi connectivity index (χ3v) is 6.27. The van der Waals surface area contributed by atoms with Gasteiger partial charge < -0.3 is 20.4 Å². The largest absolute Gasteiger partial charge is 0.357 e. The van der Waals surface area contributed by atoms with Gasteiger partial charge in [0.15, 0.2) is 0 Å². The molecular formula is C25H33N5O2. The summed E-state index contributed by atoms with van der Waals surface area (Å²) in [5, 5.41) is 6.05. The fraction of sp³-hybridized carbons (Fsp3) is 0.480. The Balaban J connectivity index is 1.36. The number of rotatable bonds is 7. The zero-order valence-corrected chi connectivity index (χ0v) is 18.6. The highest BCUT2D eigenvalue weighted by atomic mass is 16.2. The van der Waals surface area contributed by atoms with Crippen molar-refractivity contribution < 1.29 is 9.59 Å². The number of anilines is 1. The molecule has 0 spiro atoms. The van der Waals surface area contributed by atoms with Crippen LogP contribution >= 0.6 is 0 Å². The Morgan fingerprint density at radius 1 is 1.00 bits per heavy atom. The predicted octanol–water partition coefficient (Wildman–Crippen LogP) is 3.62. The number of carbonyl (C=O) groups excluding carboxylic acids is 2. The highest BCUT2D eigenvalue weighted by Gasteiger charge is 2.25. The number of aromatic nitrogens is 1. The van der Waals surface area contributed by atoms with E-state index >= 15 is 0 Å². The van der Waals surface area contributed by atoms with E-state index in [1.807, 2.05) is 47.5 Å². The normalized spacial score (nSPS) is 17.7. The second-order valence-corrected chi connectivity index (χ2v) is 8.66. The number of hydrogen-bond acceptors (Lipinski definition) is 4. The van der Waals surface area contributed by atoms with Crippen molar-refractivity contribution in [2.75, 3.05) is 31.1 Å². The summed E-state index contributed by atoms with van der Waals surface area (Å²) < 4.78 is 0. The zero-order valence-electron chi connectivity index (χ0n) is 18.6. The molecule has 1 unspecified atom stereocenters. The smallest absolute Gasteiger partial charge is 0.315 e. The molecule has 2 aliphatic rings. The maximum absolute atomic E-state index is 12.7. The van der Waals surface area contributed by atoms with E-state index in [4.69, 9.17) is 0 Å². The monoisotopic (exact) mass is 435 g/mol. The molecule has 1 aromatic heterocycles. The molecule has 170 valence electrons. The summed E-state index contributed by atoms with van der Waals surface area (Å²) in [6.07, 6.45) is 8.26. The van der Waals surface area contributed by atoms with Gasteiger partial charge in [0.2, 0.25) is 5.91 Å². The van der Waals surface area contributed by atoms with E-state index in [-0.39, 0.29) is 18.0 Å². The Bertz CT molecular complexity index is 896. The molecule has 2 N–H and O–H groups in total. The van der Waals surface area contributed by atoms with Gasteiger partial charge in [-0.15, -0.1) is 0 Å². The topological polar surface area (TPSA) is 77.6 Å². The van der Waals surface area contributed by atoms with Gasteiger partial charge in [0, 0.05) is 45.3 Å². The van der Waals surface area contributed by atoms with Crippen LogP contribution in [0, 0.1) is 0 Å². The van der Waals surface area contributed by atoms with E-state index in [9.17, 15) is 9.59 Å². The van der Waals surface area contributed by atoms with Gasteiger partial charge in [-0.05, 0) is 42.5 Å². The lowest BCUT2D eigenvalue weighted by Crippen LogP contribution is -2.42. The second-order valence-electron chi connectivity index (χ2n) is 8.66. The first-order valence-corrected chi connectivity index (χ1v) is 11.8. The van der Waals surface area contributed by atoms with Crippen LogP contribution in [0.25, 0.3) is 0 Å². The molecule has 7 heteroatoms. The third-order valence-electron chi connectivity index (χ3n) is 6.27. The highest BCUT2D eigenvalue weighted by Crippen LogP contribution is 2.20. The summed E-state index contributed by atoms with van der Waals surface area (Å²) in [5.74, 6) is 1.15. The molecule has 3 amide bonds. The molecule has 7 nitrogen and oxygen atoms in total. The van der Waals surface area contributed by atoms with Gasteiger partial charge in [-0.3, -0.25) is 4.79 Å². The average molecular weight is 436 g/mol. The van der Waals surface area contributed by atoms with Gasteiger partial charge >= 0.3 is 6.03 Å². The van der Waals surface area contributed by atoms with Crippen LogP contribution in [0.2, 0.25) is 0 Å². The second kappa shape index (κ2) is 11.0. The number of hydrogen-bond donors (Lipinski definition) is 2. The van der Waals surface area contributed by atoms with Gasteiger partial charge in [-0.1, -0.05) is 43.2 Å². The van der Waals surface area contributed by atoms with Gasteiger partial charge in [0.05, 0.1) is 6.04 Å². The number of carbonyl (C=O) groups is 2. The molecule has 1 atom stereocenters. The van der Waals surface area contributed by atoms with Gasteiger partial charge in [0.1, 0.15) is 5.82 Å². The van der Waals surface area contributed by atoms with E-state index in [0.717, 1.165) is 43.0 Å². The SMILES string of the molecule is O=C(NCc1ccnc(N2CCCCCC2)c1)NC(CN1CCCC1=O)c1ccccc1. The summed E-state index contributed by atoms with van der Waals surface area (Å²) in [4.78, 5) is 33.6. The van der Waals surface area contributed by atoms with Crippen LogP contribution in [-0.2, 0) is 11.3 Å². The average Bonchev–Trinajstić information content (AvgIpc) is 3.05. The number of nitrogens with zero attached hydrogens (tertiary/aromatic N) is 3. The Morgan fingerprint density at radius 3 is 2.50 bits per heavy atom. The molecule has 0 bridgehead atoms. The van der Waals surface area contributed by atoms with E-state index in [2.05, 4.69) is 26.6 Å². The van der Waals surface area contributed by atoms with Crippen LogP contribution in [0.1, 0.15) is 55.7 Å². The van der Waals surface area contributed by atoms with E-state index < -0.39 is 0 Å². The van der Waals surface area contributed by atoms with Crippen molar-refractivity contribution >= 4 is 17.8 Å². The molecule has 2 saturated heterocycles. The maximum Gasteiger partial charge on any atom is 0.315 e. The predicted molar refractivity (Wildman–Crippen MR) is 125 cm³/mol. The number of likely N-dealkylation sites (tertiary alicyclic amines) is 1. The van der Waals surface area contributed by atoms with Crippen molar-refractivity contribution in [1.29, 1.82) is 0 Å². The zero-order chi connectivity index (χ0) is 22.2. The molecule has 2 aliphatic heterocycles. The first-order chi connectivity index (χ1) is 15.7. The van der Waals surface area contributed by atoms with E-state index in [1.165, 1.54) is 25.7 Å². The van der Waals surface area contributed by atoms with Crippen molar-refractivity contribution in [3.8, 4) is 0 Å². The molecule has 32 heavy (non-hydrogen) atoms. The fourth-order valence-corrected chi connectivity index (χ4v) is 4.47. The molecular weight excluding hydrogens is 402 g/mol. The van der Waals surface area contributed by atoms with Crippen molar-refractivity contribution in [3.05, 3.63) is 59.8 Å². The maximum atomic E-state index is 12.7. The third kappa shape index (κ3) is 5.99. The molecule has 2 aromatic rings. The molecule has 2 fully saturated rings. The number of nitrogens with one attached hydrogen (secondary N) is 2. The standard InChI is InChI=1S/C25H33N5O2/c31-24-11-8-16-30(24)19-22(21-9-4-3-5-10-21)28-25(32)27-18-20-12-13-26-23(17-20)29-14-6-1-2-7-15-29/h3-5,9-10,12-13,17,22H,1-2,6-8,11,14-16,18-19H2,(H2,27,28,32). The summed E-state index contributed by atoms with van der Waals surface area (Å²) in [6, 6.07) is 13.4. The number of amides is 3. The minimum atomic E-state index is -0.247. The first kappa shape index (κ1) is 22.1. The van der Waals surface area contributed by atoms with Gasteiger partial charge in [0.25, 0.3) is 0 Å². The van der Waals surface area contributed by atoms with Crippen LogP contribution in [0.3, 0.4) is 0 Å². The number of benzene rings is 1. The quantitative estimate of drug-likeness (QED) is 0.696. The summed E-state index contributed by atoms with van der Waals surface area (Å²) in [7, 11) is 0. The summed E-state index contributed by atoms with van der Waals surface area (Å²) >= 11 is 0. The Hall–Kier alpha value is -3.09. The van der Waals surface area contributed by atoms with Crippen LogP contribution < -0.4 is 15.5 Å². The lowest BCUT2D eigenvalue weighted by Gasteiger charge is -2.25. The number of pyridine rings is 1. The van der Waals surface area contributed by atoms with Crippen molar-refractivity contribution in [3.63, 3.8) is 0 Å². The lowest BCUT2D eigenvalue weighted by molar-refractivity contribution is -0.128.